The monoisotopic (exact) mass is 292 g/mol. The van der Waals surface area contributed by atoms with Crippen molar-refractivity contribution in [2.75, 3.05) is 13.1 Å². The van der Waals surface area contributed by atoms with Crippen LogP contribution < -0.4 is 5.73 Å². The number of aromatic nitrogens is 2. The Morgan fingerprint density at radius 1 is 1.35 bits per heavy atom. The number of nitrogens with two attached hydrogens (primary N) is 1. The van der Waals surface area contributed by atoms with E-state index in [0.717, 1.165) is 9.84 Å². The zero-order chi connectivity index (χ0) is 14.3. The number of carbonyl (C=O) groups is 2. The minimum atomic E-state index is -0.268. The highest BCUT2D eigenvalue weighted by Crippen LogP contribution is 2.21. The third-order valence-electron chi connectivity index (χ3n) is 3.68. The average molecular weight is 292 g/mol. The Kier molecular flexibility index (Phi) is 3.21. The maximum Gasteiger partial charge on any atom is 0.274 e. The van der Waals surface area contributed by atoms with Crippen LogP contribution in [0, 0.1) is 12.8 Å². The molecule has 2 aromatic heterocycles. The van der Waals surface area contributed by atoms with Crippen molar-refractivity contribution in [3.63, 3.8) is 0 Å². The molecular formula is C13H16N4O2S. The van der Waals surface area contributed by atoms with E-state index in [1.54, 1.807) is 22.4 Å². The van der Waals surface area contributed by atoms with Gasteiger partial charge in [0.05, 0.1) is 0 Å². The lowest BCUT2D eigenvalue weighted by molar-refractivity contribution is -0.123. The van der Waals surface area contributed by atoms with Crippen LogP contribution >= 0.6 is 11.3 Å². The van der Waals surface area contributed by atoms with Gasteiger partial charge in [0.25, 0.3) is 5.91 Å². The van der Waals surface area contributed by atoms with Gasteiger partial charge in [0, 0.05) is 36.3 Å². The highest BCUT2D eigenvalue weighted by molar-refractivity contribution is 7.17. The molecule has 0 saturated carbocycles. The van der Waals surface area contributed by atoms with Crippen LogP contribution in [0.15, 0.2) is 12.4 Å². The first kappa shape index (κ1) is 13.1. The number of amides is 2. The molecule has 20 heavy (non-hydrogen) atoms. The SMILES string of the molecule is Cc1cn2cc(C(=O)N3CCC(C(N)=O)CC3)nc2s1. The molecule has 0 atom stereocenters. The molecule has 6 nitrogen and oxygen atoms in total. The van der Waals surface area contributed by atoms with Gasteiger partial charge in [-0.1, -0.05) is 0 Å². The third-order valence-corrected chi connectivity index (χ3v) is 4.59. The molecule has 2 amide bonds. The van der Waals surface area contributed by atoms with Gasteiger partial charge in [0.1, 0.15) is 5.69 Å². The summed E-state index contributed by atoms with van der Waals surface area (Å²) in [6, 6.07) is 0. The Hall–Kier alpha value is -1.89. The molecule has 1 aliphatic heterocycles. The number of carbonyl (C=O) groups excluding carboxylic acids is 2. The van der Waals surface area contributed by atoms with Crippen molar-refractivity contribution in [2.24, 2.45) is 11.7 Å². The molecule has 106 valence electrons. The van der Waals surface area contributed by atoms with Crippen LogP contribution in [0.3, 0.4) is 0 Å². The Labute approximate surface area is 120 Å². The quantitative estimate of drug-likeness (QED) is 0.898. The summed E-state index contributed by atoms with van der Waals surface area (Å²) in [5, 5.41) is 0. The Bertz CT molecular complexity index is 636. The van der Waals surface area contributed by atoms with Crippen LogP contribution in [-0.4, -0.2) is 39.2 Å². The summed E-state index contributed by atoms with van der Waals surface area (Å²) in [5.41, 5.74) is 5.76. The summed E-state index contributed by atoms with van der Waals surface area (Å²) in [7, 11) is 0. The van der Waals surface area contributed by atoms with Gasteiger partial charge in [0.2, 0.25) is 5.91 Å². The molecule has 2 N–H and O–H groups in total. The molecular weight excluding hydrogens is 276 g/mol. The molecule has 0 aromatic carbocycles. The average Bonchev–Trinajstić information content (AvgIpc) is 2.95. The zero-order valence-electron chi connectivity index (χ0n) is 11.2. The Morgan fingerprint density at radius 2 is 2.05 bits per heavy atom. The van der Waals surface area contributed by atoms with Gasteiger partial charge in [-0.2, -0.15) is 0 Å². The van der Waals surface area contributed by atoms with Crippen molar-refractivity contribution in [2.45, 2.75) is 19.8 Å². The van der Waals surface area contributed by atoms with Gasteiger partial charge in [-0.25, -0.2) is 4.98 Å². The Balaban J connectivity index is 1.72. The number of aryl methyl sites for hydroxylation is 1. The number of hydrogen-bond acceptors (Lipinski definition) is 4. The predicted molar refractivity (Wildman–Crippen MR) is 75.6 cm³/mol. The molecule has 0 aliphatic carbocycles. The Morgan fingerprint density at radius 3 is 2.65 bits per heavy atom. The van der Waals surface area contributed by atoms with Crippen LogP contribution in [0.5, 0.6) is 0 Å². The lowest BCUT2D eigenvalue weighted by Crippen LogP contribution is -2.41. The molecule has 0 unspecified atom stereocenters. The van der Waals surface area contributed by atoms with Crippen LogP contribution in [0.2, 0.25) is 0 Å². The van der Waals surface area contributed by atoms with Gasteiger partial charge >= 0.3 is 0 Å². The summed E-state index contributed by atoms with van der Waals surface area (Å²) >= 11 is 1.56. The van der Waals surface area contributed by atoms with Crippen molar-refractivity contribution < 1.29 is 9.59 Å². The van der Waals surface area contributed by atoms with Crippen molar-refractivity contribution in [3.05, 3.63) is 23.0 Å². The molecule has 1 fully saturated rings. The molecule has 2 aromatic rings. The number of thiazole rings is 1. The molecule has 0 radical (unpaired) electrons. The molecule has 3 rings (SSSR count). The van der Waals surface area contributed by atoms with E-state index in [1.807, 2.05) is 17.5 Å². The predicted octanol–water partition coefficient (Wildman–Crippen LogP) is 1.04. The number of likely N-dealkylation sites (tertiary alicyclic amines) is 1. The lowest BCUT2D eigenvalue weighted by Gasteiger charge is -2.29. The first-order valence-corrected chi connectivity index (χ1v) is 7.40. The van der Waals surface area contributed by atoms with Crippen molar-refractivity contribution in [3.8, 4) is 0 Å². The number of piperidine rings is 1. The molecule has 0 spiro atoms. The second-order valence-corrected chi connectivity index (χ2v) is 6.34. The molecule has 1 saturated heterocycles. The highest BCUT2D eigenvalue weighted by Gasteiger charge is 2.27. The normalized spacial score (nSPS) is 16.8. The fraction of sp³-hybridized carbons (Fsp3) is 0.462. The molecule has 1 aliphatic rings. The van der Waals surface area contributed by atoms with Crippen molar-refractivity contribution in [1.29, 1.82) is 0 Å². The van der Waals surface area contributed by atoms with Crippen LogP contribution in [0.4, 0.5) is 0 Å². The third kappa shape index (κ3) is 2.29. The summed E-state index contributed by atoms with van der Waals surface area (Å²) in [5.74, 6) is -0.441. The minimum absolute atomic E-state index is 0.0681. The van der Waals surface area contributed by atoms with Gasteiger partial charge in [-0.05, 0) is 19.8 Å². The fourth-order valence-corrected chi connectivity index (χ4v) is 3.35. The van der Waals surface area contributed by atoms with E-state index >= 15 is 0 Å². The van der Waals surface area contributed by atoms with Gasteiger partial charge < -0.3 is 10.6 Å². The summed E-state index contributed by atoms with van der Waals surface area (Å²) < 4.78 is 1.88. The van der Waals surface area contributed by atoms with E-state index in [-0.39, 0.29) is 17.7 Å². The second-order valence-electron chi connectivity index (χ2n) is 5.13. The van der Waals surface area contributed by atoms with Crippen molar-refractivity contribution >= 4 is 28.1 Å². The maximum absolute atomic E-state index is 12.4. The zero-order valence-corrected chi connectivity index (χ0v) is 12.0. The van der Waals surface area contributed by atoms with Crippen LogP contribution in [0.1, 0.15) is 28.2 Å². The largest absolute Gasteiger partial charge is 0.369 e. The van der Waals surface area contributed by atoms with Gasteiger partial charge in [-0.15, -0.1) is 11.3 Å². The van der Waals surface area contributed by atoms with E-state index in [0.29, 0.717) is 31.6 Å². The highest BCUT2D eigenvalue weighted by atomic mass is 32.1. The molecule has 7 heteroatoms. The molecule has 3 heterocycles. The smallest absolute Gasteiger partial charge is 0.274 e. The number of hydrogen-bond donors (Lipinski definition) is 1. The second kappa shape index (κ2) is 4.90. The topological polar surface area (TPSA) is 80.7 Å². The summed E-state index contributed by atoms with van der Waals surface area (Å²) in [4.78, 5) is 31.6. The van der Waals surface area contributed by atoms with E-state index < -0.39 is 0 Å². The van der Waals surface area contributed by atoms with E-state index in [4.69, 9.17) is 5.73 Å². The molecule has 0 bridgehead atoms. The standard InChI is InChI=1S/C13H16N4O2S/c1-8-6-17-7-10(15-13(17)20-8)12(19)16-4-2-9(3-5-16)11(14)18/h6-7,9H,2-5H2,1H3,(H2,14,18). The lowest BCUT2D eigenvalue weighted by atomic mass is 9.96. The van der Waals surface area contributed by atoms with E-state index in [2.05, 4.69) is 4.98 Å². The number of fused-ring (bicyclic) bond motifs is 1. The maximum atomic E-state index is 12.4. The summed E-state index contributed by atoms with van der Waals surface area (Å²) in [6.07, 6.45) is 5.01. The number of imidazole rings is 1. The number of nitrogens with zero attached hydrogens (tertiary/aromatic N) is 3. The first-order chi connectivity index (χ1) is 9.54. The van der Waals surface area contributed by atoms with Crippen molar-refractivity contribution in [1.82, 2.24) is 14.3 Å². The van der Waals surface area contributed by atoms with Crippen LogP contribution in [-0.2, 0) is 4.79 Å². The van der Waals surface area contributed by atoms with Crippen LogP contribution in [0.25, 0.3) is 4.96 Å². The van der Waals surface area contributed by atoms with E-state index in [9.17, 15) is 9.59 Å². The number of primary amides is 1. The fourth-order valence-electron chi connectivity index (χ4n) is 2.54. The van der Waals surface area contributed by atoms with E-state index in [1.165, 1.54) is 0 Å². The van der Waals surface area contributed by atoms with Gasteiger partial charge in [-0.3, -0.25) is 14.0 Å². The minimum Gasteiger partial charge on any atom is -0.369 e. The van der Waals surface area contributed by atoms with Gasteiger partial charge in [0.15, 0.2) is 4.96 Å². The summed E-state index contributed by atoms with van der Waals surface area (Å²) in [6.45, 7) is 3.14. The first-order valence-electron chi connectivity index (χ1n) is 6.58. The number of rotatable bonds is 2.